The molecule has 2 fully saturated rings. The van der Waals surface area contributed by atoms with Crippen LogP contribution in [-0.2, 0) is 17.4 Å². The molecule has 9 heteroatoms. The smallest absolute Gasteiger partial charge is 0.355 e. The molecule has 134 valence electrons. The van der Waals surface area contributed by atoms with E-state index in [1.807, 2.05) is 0 Å². The van der Waals surface area contributed by atoms with Crippen molar-refractivity contribution in [1.29, 1.82) is 0 Å². The van der Waals surface area contributed by atoms with Crippen molar-refractivity contribution in [3.8, 4) is 0 Å². The number of alkyl halides is 3. The van der Waals surface area contributed by atoms with Gasteiger partial charge in [0.25, 0.3) is 0 Å². The number of piperidine rings is 2. The van der Waals surface area contributed by atoms with E-state index in [9.17, 15) is 18.0 Å². The molecule has 0 spiro atoms. The minimum atomic E-state index is -4.64. The fraction of sp³-hybridized carbons (Fsp3) is 0.800. The number of fused-ring (bicyclic) bond motifs is 1. The van der Waals surface area contributed by atoms with Gasteiger partial charge in [-0.05, 0) is 38.8 Å². The summed E-state index contributed by atoms with van der Waals surface area (Å²) in [5.41, 5.74) is 0. The summed E-state index contributed by atoms with van der Waals surface area (Å²) in [6.07, 6.45) is 0.728. The quantitative estimate of drug-likeness (QED) is 0.903. The molecule has 1 aromatic rings. The first-order chi connectivity index (χ1) is 11.4. The van der Waals surface area contributed by atoms with E-state index in [0.29, 0.717) is 6.04 Å². The molecule has 0 aromatic carbocycles. The fourth-order valence-corrected chi connectivity index (χ4v) is 3.66. The van der Waals surface area contributed by atoms with Gasteiger partial charge in [-0.2, -0.15) is 18.2 Å². The van der Waals surface area contributed by atoms with Crippen molar-refractivity contribution in [1.82, 2.24) is 20.4 Å². The van der Waals surface area contributed by atoms with E-state index in [1.165, 1.54) is 6.42 Å². The fourth-order valence-electron chi connectivity index (χ4n) is 3.66. The number of nitrogens with one attached hydrogen (secondary N) is 1. The first kappa shape index (κ1) is 17.2. The average Bonchev–Trinajstić information content (AvgIpc) is 3.03. The Morgan fingerprint density at radius 3 is 2.79 bits per heavy atom. The van der Waals surface area contributed by atoms with Crippen LogP contribution in [-0.4, -0.2) is 46.6 Å². The van der Waals surface area contributed by atoms with Crippen molar-refractivity contribution >= 4 is 5.91 Å². The van der Waals surface area contributed by atoms with Gasteiger partial charge in [0.1, 0.15) is 0 Å². The van der Waals surface area contributed by atoms with Crippen molar-refractivity contribution in [2.45, 2.75) is 50.7 Å². The second kappa shape index (κ2) is 7.08. The summed E-state index contributed by atoms with van der Waals surface area (Å²) in [6.45, 7) is 2.31. The van der Waals surface area contributed by atoms with Gasteiger partial charge in [0.2, 0.25) is 5.91 Å². The molecule has 0 radical (unpaired) electrons. The summed E-state index contributed by atoms with van der Waals surface area (Å²) in [4.78, 5) is 18.1. The van der Waals surface area contributed by atoms with Crippen molar-refractivity contribution in [2.75, 3.05) is 19.6 Å². The van der Waals surface area contributed by atoms with Crippen molar-refractivity contribution in [3.63, 3.8) is 0 Å². The molecule has 2 aliphatic rings. The van der Waals surface area contributed by atoms with Crippen LogP contribution in [0, 0.1) is 5.92 Å². The highest BCUT2D eigenvalue weighted by atomic mass is 19.4. The molecule has 0 aliphatic carbocycles. The molecular formula is C15H21F3N4O2. The number of carbonyl (C=O) groups is 1. The van der Waals surface area contributed by atoms with Crippen LogP contribution in [0.1, 0.15) is 43.8 Å². The van der Waals surface area contributed by atoms with Crippen LogP contribution in [0.15, 0.2) is 4.52 Å². The average molecular weight is 346 g/mol. The molecule has 24 heavy (non-hydrogen) atoms. The Bertz CT molecular complexity index is 573. The Kier molecular flexibility index (Phi) is 5.07. The van der Waals surface area contributed by atoms with Gasteiger partial charge in [-0.15, -0.1) is 0 Å². The van der Waals surface area contributed by atoms with Gasteiger partial charge in [-0.25, -0.2) is 0 Å². The lowest BCUT2D eigenvalue weighted by Gasteiger charge is -2.43. The van der Waals surface area contributed by atoms with Crippen LogP contribution in [0.25, 0.3) is 0 Å². The molecular weight excluding hydrogens is 325 g/mol. The third-order valence-corrected chi connectivity index (χ3v) is 4.78. The van der Waals surface area contributed by atoms with Crippen molar-refractivity contribution < 1.29 is 22.5 Å². The number of hydrogen-bond donors (Lipinski definition) is 1. The Balaban J connectivity index is 1.49. The van der Waals surface area contributed by atoms with E-state index in [4.69, 9.17) is 0 Å². The second-order valence-electron chi connectivity index (χ2n) is 6.40. The minimum Gasteiger partial charge on any atom is -0.355 e. The number of hydrogen-bond acceptors (Lipinski definition) is 5. The Labute approximate surface area is 137 Å². The Hall–Kier alpha value is -1.64. The molecule has 0 bridgehead atoms. The normalized spacial score (nSPS) is 25.3. The zero-order valence-corrected chi connectivity index (χ0v) is 13.3. The summed E-state index contributed by atoms with van der Waals surface area (Å²) in [7, 11) is 0. The molecule has 1 aromatic heterocycles. The van der Waals surface area contributed by atoms with Crippen molar-refractivity contribution in [3.05, 3.63) is 11.7 Å². The van der Waals surface area contributed by atoms with E-state index in [0.717, 1.165) is 38.8 Å². The maximum atomic E-state index is 12.4. The lowest BCUT2D eigenvalue weighted by Crippen LogP contribution is -2.52. The van der Waals surface area contributed by atoms with E-state index >= 15 is 0 Å². The molecule has 2 saturated heterocycles. The molecule has 3 rings (SSSR count). The van der Waals surface area contributed by atoms with Gasteiger partial charge >= 0.3 is 12.1 Å². The summed E-state index contributed by atoms with van der Waals surface area (Å²) in [5, 5.41) is 6.11. The van der Waals surface area contributed by atoms with E-state index < -0.39 is 12.1 Å². The highest BCUT2D eigenvalue weighted by molar-refractivity contribution is 5.79. The molecule has 3 heterocycles. The maximum Gasteiger partial charge on any atom is 0.471 e. The lowest BCUT2D eigenvalue weighted by atomic mass is 9.83. The number of amides is 1. The molecule has 0 unspecified atom stereocenters. The lowest BCUT2D eigenvalue weighted by molar-refractivity contribution is -0.159. The predicted molar refractivity (Wildman–Crippen MR) is 77.9 cm³/mol. The molecule has 1 amide bonds. The largest absolute Gasteiger partial charge is 0.471 e. The zero-order valence-electron chi connectivity index (χ0n) is 13.3. The van der Waals surface area contributed by atoms with Gasteiger partial charge in [-0.1, -0.05) is 11.6 Å². The number of carbonyl (C=O) groups excluding carboxylic acids is 1. The third kappa shape index (κ3) is 3.88. The second-order valence-corrected chi connectivity index (χ2v) is 6.40. The first-order valence-electron chi connectivity index (χ1n) is 8.36. The van der Waals surface area contributed by atoms with Crippen LogP contribution < -0.4 is 5.32 Å². The zero-order chi connectivity index (χ0) is 17.2. The number of nitrogens with zero attached hydrogens (tertiary/aromatic N) is 3. The Morgan fingerprint density at radius 2 is 2.04 bits per heavy atom. The highest BCUT2D eigenvalue weighted by Crippen LogP contribution is 2.31. The van der Waals surface area contributed by atoms with Crippen molar-refractivity contribution in [2.24, 2.45) is 5.92 Å². The highest BCUT2D eigenvalue weighted by Gasteiger charge is 2.39. The minimum absolute atomic E-state index is 0.0221. The standard InChI is InChI=1S/C15H21F3N4O2/c16-15(17,18)14-20-12(21-24-14)6-7-19-13(23)10-4-3-9-22-8-2-1-5-11(10)22/h10-11H,1-9H2,(H,19,23)/t10-,11-/m1/s1. The molecule has 6 nitrogen and oxygen atoms in total. The predicted octanol–water partition coefficient (Wildman–Crippen LogP) is 2.01. The number of halogens is 3. The first-order valence-corrected chi connectivity index (χ1v) is 8.36. The van der Waals surface area contributed by atoms with Crippen LogP contribution in [0.2, 0.25) is 0 Å². The summed E-state index contributed by atoms with van der Waals surface area (Å²) in [5.74, 6) is -1.46. The SMILES string of the molecule is O=C(NCCc1noc(C(F)(F)F)n1)[C@@H]1CCCN2CCCC[C@H]12. The van der Waals surface area contributed by atoms with Gasteiger partial charge in [0.15, 0.2) is 5.82 Å². The molecule has 1 N–H and O–H groups in total. The van der Waals surface area contributed by atoms with Crippen LogP contribution in [0.5, 0.6) is 0 Å². The van der Waals surface area contributed by atoms with Gasteiger partial charge in [0, 0.05) is 19.0 Å². The van der Waals surface area contributed by atoms with E-state index in [-0.39, 0.29) is 30.6 Å². The monoisotopic (exact) mass is 346 g/mol. The van der Waals surface area contributed by atoms with E-state index in [1.54, 1.807) is 0 Å². The van der Waals surface area contributed by atoms with Crippen LogP contribution in [0.4, 0.5) is 13.2 Å². The molecule has 2 aliphatic heterocycles. The summed E-state index contributed by atoms with van der Waals surface area (Å²) < 4.78 is 41.3. The summed E-state index contributed by atoms with van der Waals surface area (Å²) in [6, 6.07) is 0.300. The van der Waals surface area contributed by atoms with Gasteiger partial charge in [-0.3, -0.25) is 9.69 Å². The topological polar surface area (TPSA) is 71.3 Å². The number of aromatic nitrogens is 2. The summed E-state index contributed by atoms with van der Waals surface area (Å²) >= 11 is 0. The molecule has 0 saturated carbocycles. The maximum absolute atomic E-state index is 12.4. The molecule has 2 atom stereocenters. The van der Waals surface area contributed by atoms with Gasteiger partial charge in [0.05, 0.1) is 5.92 Å². The Morgan fingerprint density at radius 1 is 1.25 bits per heavy atom. The van der Waals surface area contributed by atoms with Crippen LogP contribution in [0.3, 0.4) is 0 Å². The van der Waals surface area contributed by atoms with Crippen LogP contribution >= 0.6 is 0 Å². The number of rotatable bonds is 4. The van der Waals surface area contributed by atoms with E-state index in [2.05, 4.69) is 24.9 Å². The van der Waals surface area contributed by atoms with Gasteiger partial charge < -0.3 is 9.84 Å². The third-order valence-electron chi connectivity index (χ3n) is 4.78.